The van der Waals surface area contributed by atoms with Gasteiger partial charge in [-0.15, -0.1) is 0 Å². The van der Waals surface area contributed by atoms with Crippen molar-refractivity contribution < 1.29 is 24.1 Å². The molecule has 114 valence electrons. The van der Waals surface area contributed by atoms with Crippen LogP contribution in [-0.4, -0.2) is 61.7 Å². The molecule has 0 spiro atoms. The average Bonchev–Trinajstić information content (AvgIpc) is 2.95. The van der Waals surface area contributed by atoms with Gasteiger partial charge in [-0.2, -0.15) is 0 Å². The Balaban J connectivity index is 1.54. The summed E-state index contributed by atoms with van der Waals surface area (Å²) in [5.74, 6) is 1.22. The minimum Gasteiger partial charge on any atom is -0.454 e. The van der Waals surface area contributed by atoms with Crippen LogP contribution in [0.1, 0.15) is 0 Å². The number of amides is 1. The number of aliphatic hydroxyl groups is 1. The van der Waals surface area contributed by atoms with E-state index in [0.717, 1.165) is 0 Å². The van der Waals surface area contributed by atoms with E-state index in [0.29, 0.717) is 36.9 Å². The number of carbonyl (C=O) groups excluding carboxylic acids is 1. The van der Waals surface area contributed by atoms with Gasteiger partial charge in [0.1, 0.15) is 0 Å². The Morgan fingerprint density at radius 1 is 1.38 bits per heavy atom. The number of rotatable bonds is 4. The Bertz CT molecular complexity index is 522. The van der Waals surface area contributed by atoms with Gasteiger partial charge in [0.2, 0.25) is 12.7 Å². The Morgan fingerprint density at radius 2 is 2.24 bits per heavy atom. The lowest BCUT2D eigenvalue weighted by Gasteiger charge is -2.31. The van der Waals surface area contributed by atoms with Gasteiger partial charge in [0.05, 0.1) is 25.9 Å². The molecule has 0 radical (unpaired) electrons. The van der Waals surface area contributed by atoms with Crippen molar-refractivity contribution in [1.82, 2.24) is 4.90 Å². The highest BCUT2D eigenvalue weighted by molar-refractivity contribution is 5.92. The first-order valence-corrected chi connectivity index (χ1v) is 6.89. The Labute approximate surface area is 122 Å². The van der Waals surface area contributed by atoms with E-state index >= 15 is 0 Å². The standard InChI is InChI=1S/C14H18N2O5/c17-8-11-6-16(3-4-19-11)7-14(18)15-10-1-2-12-13(5-10)21-9-20-12/h1-2,5,11,17H,3-4,6-9H2,(H,15,18). The van der Waals surface area contributed by atoms with Gasteiger partial charge in [0.15, 0.2) is 11.5 Å². The maximum Gasteiger partial charge on any atom is 0.238 e. The highest BCUT2D eigenvalue weighted by atomic mass is 16.7. The number of aliphatic hydroxyl groups excluding tert-OH is 1. The molecule has 1 aromatic carbocycles. The summed E-state index contributed by atoms with van der Waals surface area (Å²) in [5, 5.41) is 11.9. The number of benzene rings is 1. The fraction of sp³-hybridized carbons (Fsp3) is 0.500. The predicted octanol–water partition coefficient (Wildman–Crippen LogP) is 0.0469. The van der Waals surface area contributed by atoms with Gasteiger partial charge in [-0.05, 0) is 12.1 Å². The fourth-order valence-electron chi connectivity index (χ4n) is 2.41. The zero-order chi connectivity index (χ0) is 14.7. The molecular formula is C14H18N2O5. The maximum atomic E-state index is 12.0. The van der Waals surface area contributed by atoms with Gasteiger partial charge in [-0.3, -0.25) is 9.69 Å². The molecule has 1 unspecified atom stereocenters. The second kappa shape index (κ2) is 6.30. The zero-order valence-corrected chi connectivity index (χ0v) is 11.6. The number of ether oxygens (including phenoxy) is 3. The molecule has 2 heterocycles. The van der Waals surface area contributed by atoms with Crippen LogP contribution in [0.2, 0.25) is 0 Å². The summed E-state index contributed by atoms with van der Waals surface area (Å²) in [6, 6.07) is 5.30. The quantitative estimate of drug-likeness (QED) is 0.816. The molecule has 1 saturated heterocycles. The van der Waals surface area contributed by atoms with Crippen molar-refractivity contribution in [3.63, 3.8) is 0 Å². The molecule has 7 nitrogen and oxygen atoms in total. The zero-order valence-electron chi connectivity index (χ0n) is 11.6. The third kappa shape index (κ3) is 3.44. The van der Waals surface area contributed by atoms with Crippen LogP contribution in [-0.2, 0) is 9.53 Å². The number of carbonyl (C=O) groups is 1. The SMILES string of the molecule is O=C(CN1CCOC(CO)C1)Nc1ccc2c(c1)OCO2. The van der Waals surface area contributed by atoms with Gasteiger partial charge in [0, 0.05) is 24.8 Å². The molecule has 1 amide bonds. The summed E-state index contributed by atoms with van der Waals surface area (Å²) in [4.78, 5) is 14.0. The molecular weight excluding hydrogens is 276 g/mol. The molecule has 0 aliphatic carbocycles. The molecule has 2 aliphatic rings. The normalized spacial score (nSPS) is 21.3. The van der Waals surface area contributed by atoms with Gasteiger partial charge in [0.25, 0.3) is 0 Å². The highest BCUT2D eigenvalue weighted by Crippen LogP contribution is 2.34. The van der Waals surface area contributed by atoms with E-state index in [-0.39, 0.29) is 32.0 Å². The monoisotopic (exact) mass is 294 g/mol. The van der Waals surface area contributed by atoms with Crippen molar-refractivity contribution in [2.75, 3.05) is 45.0 Å². The summed E-state index contributed by atoms with van der Waals surface area (Å²) in [7, 11) is 0. The van der Waals surface area contributed by atoms with E-state index in [2.05, 4.69) is 5.32 Å². The summed E-state index contributed by atoms with van der Waals surface area (Å²) in [6.45, 7) is 2.23. The van der Waals surface area contributed by atoms with E-state index in [4.69, 9.17) is 19.3 Å². The first kappa shape index (κ1) is 14.1. The average molecular weight is 294 g/mol. The number of hydrogen-bond donors (Lipinski definition) is 2. The van der Waals surface area contributed by atoms with Crippen LogP contribution >= 0.6 is 0 Å². The minimum atomic E-state index is -0.211. The van der Waals surface area contributed by atoms with E-state index in [1.165, 1.54) is 0 Å². The molecule has 3 rings (SSSR count). The minimum absolute atomic E-state index is 0.0275. The molecule has 2 N–H and O–H groups in total. The van der Waals surface area contributed by atoms with Crippen LogP contribution in [0.15, 0.2) is 18.2 Å². The third-order valence-corrected chi connectivity index (χ3v) is 3.45. The van der Waals surface area contributed by atoms with Gasteiger partial charge >= 0.3 is 0 Å². The Hall–Kier alpha value is -1.83. The predicted molar refractivity (Wildman–Crippen MR) is 74.5 cm³/mol. The van der Waals surface area contributed by atoms with Crippen molar-refractivity contribution in [2.45, 2.75) is 6.10 Å². The van der Waals surface area contributed by atoms with Crippen molar-refractivity contribution in [3.8, 4) is 11.5 Å². The van der Waals surface area contributed by atoms with Crippen molar-refractivity contribution >= 4 is 11.6 Å². The molecule has 0 saturated carbocycles. The summed E-state index contributed by atoms with van der Waals surface area (Å²) < 4.78 is 15.8. The lowest BCUT2D eigenvalue weighted by atomic mass is 10.2. The number of anilines is 1. The van der Waals surface area contributed by atoms with Crippen LogP contribution in [0.25, 0.3) is 0 Å². The maximum absolute atomic E-state index is 12.0. The highest BCUT2D eigenvalue weighted by Gasteiger charge is 2.21. The summed E-state index contributed by atoms with van der Waals surface area (Å²) in [6.07, 6.45) is -0.211. The van der Waals surface area contributed by atoms with Crippen molar-refractivity contribution in [1.29, 1.82) is 0 Å². The van der Waals surface area contributed by atoms with Crippen LogP contribution < -0.4 is 14.8 Å². The molecule has 0 bridgehead atoms. The number of nitrogens with one attached hydrogen (secondary N) is 1. The fourth-order valence-corrected chi connectivity index (χ4v) is 2.41. The molecule has 1 fully saturated rings. The number of nitrogens with zero attached hydrogens (tertiary/aromatic N) is 1. The smallest absolute Gasteiger partial charge is 0.238 e. The number of hydrogen-bond acceptors (Lipinski definition) is 6. The lowest BCUT2D eigenvalue weighted by molar-refractivity contribution is -0.120. The lowest BCUT2D eigenvalue weighted by Crippen LogP contribution is -2.46. The Morgan fingerprint density at radius 3 is 3.10 bits per heavy atom. The molecule has 21 heavy (non-hydrogen) atoms. The summed E-state index contributed by atoms with van der Waals surface area (Å²) >= 11 is 0. The van der Waals surface area contributed by atoms with Crippen molar-refractivity contribution in [2.24, 2.45) is 0 Å². The van der Waals surface area contributed by atoms with Gasteiger partial charge in [-0.1, -0.05) is 0 Å². The number of morpholine rings is 1. The number of fused-ring (bicyclic) bond motifs is 1. The van der Waals surface area contributed by atoms with E-state index in [9.17, 15) is 4.79 Å². The molecule has 7 heteroatoms. The van der Waals surface area contributed by atoms with Crippen LogP contribution in [0, 0.1) is 0 Å². The van der Waals surface area contributed by atoms with E-state index in [1.54, 1.807) is 18.2 Å². The summed E-state index contributed by atoms with van der Waals surface area (Å²) in [5.41, 5.74) is 0.677. The van der Waals surface area contributed by atoms with Crippen LogP contribution in [0.5, 0.6) is 11.5 Å². The first-order valence-electron chi connectivity index (χ1n) is 6.89. The molecule has 1 aromatic rings. The topological polar surface area (TPSA) is 80.3 Å². The second-order valence-electron chi connectivity index (χ2n) is 5.03. The third-order valence-electron chi connectivity index (χ3n) is 3.45. The Kier molecular flexibility index (Phi) is 4.23. The largest absolute Gasteiger partial charge is 0.454 e. The molecule has 2 aliphatic heterocycles. The van der Waals surface area contributed by atoms with E-state index in [1.807, 2.05) is 4.90 Å². The second-order valence-corrected chi connectivity index (χ2v) is 5.03. The van der Waals surface area contributed by atoms with Crippen molar-refractivity contribution in [3.05, 3.63) is 18.2 Å². The van der Waals surface area contributed by atoms with Gasteiger partial charge in [-0.25, -0.2) is 0 Å². The first-order chi connectivity index (χ1) is 10.2. The van der Waals surface area contributed by atoms with Crippen LogP contribution in [0.3, 0.4) is 0 Å². The van der Waals surface area contributed by atoms with E-state index < -0.39 is 0 Å². The van der Waals surface area contributed by atoms with Gasteiger partial charge < -0.3 is 24.6 Å². The molecule has 0 aromatic heterocycles. The van der Waals surface area contributed by atoms with Crippen LogP contribution in [0.4, 0.5) is 5.69 Å². The molecule has 1 atom stereocenters.